The molecular formula is C24H25N3O5. The first kappa shape index (κ1) is 22.6. The first-order valence-corrected chi connectivity index (χ1v) is 9.96. The molecule has 6 N–H and O–H groups in total. The monoisotopic (exact) mass is 435 g/mol. The Hall–Kier alpha value is -4.04. The molecule has 0 atom stereocenters. The van der Waals surface area contributed by atoms with E-state index >= 15 is 0 Å². The average Bonchev–Trinajstić information content (AvgIpc) is 2.77. The summed E-state index contributed by atoms with van der Waals surface area (Å²) in [6, 6.07) is 15.5. The smallest absolute Gasteiger partial charge is 0.262 e. The van der Waals surface area contributed by atoms with Crippen molar-refractivity contribution in [3.8, 4) is 17.2 Å². The summed E-state index contributed by atoms with van der Waals surface area (Å²) in [5.74, 6) is -1.07. The molecule has 0 bridgehead atoms. The molecule has 8 heteroatoms. The minimum Gasteiger partial charge on any atom is -0.508 e. The van der Waals surface area contributed by atoms with Gasteiger partial charge in [-0.3, -0.25) is 20.9 Å². The van der Waals surface area contributed by atoms with E-state index in [0.29, 0.717) is 16.8 Å². The fourth-order valence-corrected chi connectivity index (χ4v) is 3.31. The van der Waals surface area contributed by atoms with Crippen molar-refractivity contribution >= 4 is 17.4 Å². The number of nitrogens with one attached hydrogen (secondary N) is 2. The molecule has 0 unspecified atom stereocenters. The van der Waals surface area contributed by atoms with Crippen LogP contribution >= 0.6 is 0 Å². The van der Waals surface area contributed by atoms with E-state index in [2.05, 4.69) is 0 Å². The lowest BCUT2D eigenvalue weighted by atomic mass is 9.98. The van der Waals surface area contributed by atoms with E-state index < -0.39 is 5.91 Å². The Labute approximate surface area is 185 Å². The van der Waals surface area contributed by atoms with Crippen LogP contribution in [0.5, 0.6) is 17.2 Å². The van der Waals surface area contributed by atoms with Gasteiger partial charge in [-0.05, 0) is 47.4 Å². The fraction of sp³-hybridized carbons (Fsp3) is 0.167. The molecule has 3 aromatic rings. The summed E-state index contributed by atoms with van der Waals surface area (Å²) in [5.41, 5.74) is 4.07. The Kier molecular flexibility index (Phi) is 6.65. The van der Waals surface area contributed by atoms with Gasteiger partial charge in [-0.1, -0.05) is 38.1 Å². The second-order valence-corrected chi connectivity index (χ2v) is 7.67. The second-order valence-electron chi connectivity index (χ2n) is 7.67. The number of phenolic OH excluding ortho intramolecular Hbond substituents is 3. The number of hydrogen-bond acceptors (Lipinski definition) is 6. The summed E-state index contributed by atoms with van der Waals surface area (Å²) in [5, 5.41) is 46.7. The van der Waals surface area contributed by atoms with Gasteiger partial charge in [-0.15, -0.1) is 0 Å². The number of hydroxylamine groups is 1. The van der Waals surface area contributed by atoms with Gasteiger partial charge in [-0.2, -0.15) is 0 Å². The van der Waals surface area contributed by atoms with Gasteiger partial charge in [0.05, 0.1) is 12.1 Å². The van der Waals surface area contributed by atoms with Crippen molar-refractivity contribution < 1.29 is 25.3 Å². The Morgan fingerprint density at radius 3 is 2.16 bits per heavy atom. The molecule has 8 nitrogen and oxygen atoms in total. The van der Waals surface area contributed by atoms with E-state index in [-0.39, 0.29) is 41.1 Å². The van der Waals surface area contributed by atoms with Crippen molar-refractivity contribution in [2.75, 3.05) is 4.90 Å². The molecule has 0 radical (unpaired) electrons. The lowest BCUT2D eigenvalue weighted by molar-refractivity contribution is 0.0982. The van der Waals surface area contributed by atoms with Gasteiger partial charge >= 0.3 is 0 Å². The number of rotatable bonds is 6. The highest BCUT2D eigenvalue weighted by Gasteiger charge is 2.23. The molecule has 3 aromatic carbocycles. The number of carbonyl (C=O) groups excluding carboxylic acids is 1. The van der Waals surface area contributed by atoms with Crippen LogP contribution in [0.2, 0.25) is 0 Å². The SMILES string of the molecule is CC(C)c1cc(C(=O)N(Cc2ccc(C(=N)NO)cc2)c2ccc(O)cc2)c(O)cc1O. The molecular weight excluding hydrogens is 410 g/mol. The van der Waals surface area contributed by atoms with Gasteiger partial charge < -0.3 is 20.2 Å². The predicted molar refractivity (Wildman–Crippen MR) is 121 cm³/mol. The third-order valence-corrected chi connectivity index (χ3v) is 5.10. The number of amidine groups is 1. The van der Waals surface area contributed by atoms with E-state index in [0.717, 1.165) is 5.56 Å². The number of benzene rings is 3. The first-order chi connectivity index (χ1) is 15.2. The lowest BCUT2D eigenvalue weighted by Crippen LogP contribution is -2.30. The van der Waals surface area contributed by atoms with Crippen LogP contribution in [0.4, 0.5) is 5.69 Å². The molecule has 0 aliphatic heterocycles. The molecule has 0 saturated heterocycles. The number of phenols is 3. The van der Waals surface area contributed by atoms with Crippen LogP contribution in [0.1, 0.15) is 46.8 Å². The lowest BCUT2D eigenvalue weighted by Gasteiger charge is -2.24. The summed E-state index contributed by atoms with van der Waals surface area (Å²) in [6.07, 6.45) is 0. The van der Waals surface area contributed by atoms with Crippen molar-refractivity contribution in [3.63, 3.8) is 0 Å². The molecule has 3 rings (SSSR count). The van der Waals surface area contributed by atoms with Crippen LogP contribution in [-0.2, 0) is 6.54 Å². The highest BCUT2D eigenvalue weighted by molar-refractivity contribution is 6.08. The highest BCUT2D eigenvalue weighted by Crippen LogP contribution is 2.34. The maximum absolute atomic E-state index is 13.5. The third kappa shape index (κ3) is 4.81. The molecule has 0 aliphatic rings. The van der Waals surface area contributed by atoms with Crippen LogP contribution < -0.4 is 10.4 Å². The maximum Gasteiger partial charge on any atom is 0.262 e. The van der Waals surface area contributed by atoms with E-state index in [4.69, 9.17) is 10.6 Å². The van der Waals surface area contributed by atoms with E-state index in [1.165, 1.54) is 29.2 Å². The zero-order valence-corrected chi connectivity index (χ0v) is 17.7. The molecule has 0 fully saturated rings. The first-order valence-electron chi connectivity index (χ1n) is 9.96. The van der Waals surface area contributed by atoms with Crippen LogP contribution in [0.15, 0.2) is 60.7 Å². The summed E-state index contributed by atoms with van der Waals surface area (Å²) in [4.78, 5) is 15.0. The number of anilines is 1. The number of nitrogens with zero attached hydrogens (tertiary/aromatic N) is 1. The number of amides is 1. The number of hydrogen-bond donors (Lipinski definition) is 6. The van der Waals surface area contributed by atoms with Gasteiger partial charge in [0, 0.05) is 17.3 Å². The average molecular weight is 435 g/mol. The van der Waals surface area contributed by atoms with Crippen LogP contribution in [0.3, 0.4) is 0 Å². The minimum atomic E-state index is -0.482. The molecule has 0 aliphatic carbocycles. The summed E-state index contributed by atoms with van der Waals surface area (Å²) >= 11 is 0. The summed E-state index contributed by atoms with van der Waals surface area (Å²) in [6.45, 7) is 3.89. The zero-order chi connectivity index (χ0) is 23.4. The molecule has 166 valence electrons. The van der Waals surface area contributed by atoms with Crippen LogP contribution in [-0.4, -0.2) is 32.3 Å². The Bertz CT molecular complexity index is 1130. The Balaban J connectivity index is 2.02. The maximum atomic E-state index is 13.5. The van der Waals surface area contributed by atoms with Gasteiger partial charge in [0.2, 0.25) is 0 Å². The van der Waals surface area contributed by atoms with Gasteiger partial charge in [-0.25, -0.2) is 0 Å². The Morgan fingerprint density at radius 2 is 1.59 bits per heavy atom. The van der Waals surface area contributed by atoms with Crippen molar-refractivity contribution in [1.82, 2.24) is 5.48 Å². The topological polar surface area (TPSA) is 137 Å². The number of aromatic hydroxyl groups is 3. The molecule has 0 aromatic heterocycles. The van der Waals surface area contributed by atoms with Crippen molar-refractivity contribution in [2.45, 2.75) is 26.3 Å². The van der Waals surface area contributed by atoms with Gasteiger partial charge in [0.1, 0.15) is 23.1 Å². The highest BCUT2D eigenvalue weighted by atomic mass is 16.5. The van der Waals surface area contributed by atoms with Crippen LogP contribution in [0, 0.1) is 5.41 Å². The molecule has 32 heavy (non-hydrogen) atoms. The third-order valence-electron chi connectivity index (χ3n) is 5.10. The predicted octanol–water partition coefficient (Wildman–Crippen LogP) is 4.08. The zero-order valence-electron chi connectivity index (χ0n) is 17.7. The van der Waals surface area contributed by atoms with Crippen molar-refractivity contribution in [1.29, 1.82) is 5.41 Å². The van der Waals surface area contributed by atoms with E-state index in [9.17, 15) is 20.1 Å². The van der Waals surface area contributed by atoms with Gasteiger partial charge in [0.25, 0.3) is 5.91 Å². The number of carbonyl (C=O) groups is 1. The van der Waals surface area contributed by atoms with Crippen molar-refractivity contribution in [3.05, 3.63) is 82.9 Å². The quantitative estimate of drug-likeness (QED) is 0.196. The van der Waals surface area contributed by atoms with Crippen LogP contribution in [0.25, 0.3) is 0 Å². The molecule has 0 spiro atoms. The Morgan fingerprint density at radius 1 is 0.969 bits per heavy atom. The van der Waals surface area contributed by atoms with E-state index in [1.807, 2.05) is 13.8 Å². The second kappa shape index (κ2) is 9.40. The molecule has 0 saturated carbocycles. The van der Waals surface area contributed by atoms with E-state index in [1.54, 1.807) is 41.9 Å². The summed E-state index contributed by atoms with van der Waals surface area (Å²) < 4.78 is 0. The minimum absolute atomic E-state index is 0.0439. The van der Waals surface area contributed by atoms with Gasteiger partial charge in [0.15, 0.2) is 0 Å². The normalized spacial score (nSPS) is 10.8. The molecule has 0 heterocycles. The molecule has 1 amide bonds. The standard InChI is InChI=1S/C24H25N3O5/c1-14(2)19-11-20(22(30)12-21(19)29)24(31)27(17-7-9-18(28)10-8-17)13-15-3-5-16(6-4-15)23(25)26-32/h3-12,14,28-30,32H,13H2,1-2H3,(H2,25,26). The fourth-order valence-electron chi connectivity index (χ4n) is 3.31. The largest absolute Gasteiger partial charge is 0.508 e. The summed E-state index contributed by atoms with van der Waals surface area (Å²) in [7, 11) is 0. The van der Waals surface area contributed by atoms with Crippen molar-refractivity contribution in [2.24, 2.45) is 0 Å².